The lowest BCUT2D eigenvalue weighted by atomic mass is 10.2. The van der Waals surface area contributed by atoms with E-state index < -0.39 is 0 Å². The number of aryl methyl sites for hydroxylation is 1. The van der Waals surface area contributed by atoms with Crippen LogP contribution in [0, 0.1) is 6.92 Å². The van der Waals surface area contributed by atoms with Gasteiger partial charge in [-0.15, -0.1) is 5.10 Å². The summed E-state index contributed by atoms with van der Waals surface area (Å²) in [6.45, 7) is 1.91. The maximum Gasteiger partial charge on any atom is 0.243 e. The second kappa shape index (κ2) is 8.17. The molecule has 1 aromatic heterocycles. The topological polar surface area (TPSA) is 103 Å². The Labute approximate surface area is 156 Å². The lowest BCUT2D eigenvalue weighted by molar-refractivity contribution is -0.114. The Morgan fingerprint density at radius 3 is 2.44 bits per heavy atom. The van der Waals surface area contributed by atoms with Crippen LogP contribution < -0.4 is 20.1 Å². The highest BCUT2D eigenvalue weighted by atomic mass is 16.5. The number of carbonyl (C=O) groups excluding carboxylic acids is 1. The number of methoxy groups -OCH3 is 2. The second-order valence-electron chi connectivity index (χ2n) is 5.69. The molecule has 0 aliphatic carbocycles. The zero-order chi connectivity index (χ0) is 19.2. The summed E-state index contributed by atoms with van der Waals surface area (Å²) >= 11 is 0. The molecule has 0 atom stereocenters. The highest BCUT2D eigenvalue weighted by Gasteiger charge is 2.08. The molecule has 3 rings (SSSR count). The molecule has 9 nitrogen and oxygen atoms in total. The molecule has 0 saturated heterocycles. The lowest BCUT2D eigenvalue weighted by Crippen LogP contribution is -2.21. The van der Waals surface area contributed by atoms with Crippen LogP contribution in [-0.2, 0) is 4.79 Å². The first-order valence-electron chi connectivity index (χ1n) is 8.21. The van der Waals surface area contributed by atoms with Gasteiger partial charge in [-0.2, -0.15) is 4.68 Å². The van der Waals surface area contributed by atoms with Gasteiger partial charge in [-0.25, -0.2) is 0 Å². The molecule has 1 heterocycles. The Bertz CT molecular complexity index is 918. The van der Waals surface area contributed by atoms with Crippen molar-refractivity contribution in [1.29, 1.82) is 0 Å². The second-order valence-corrected chi connectivity index (χ2v) is 5.69. The molecule has 9 heteroatoms. The van der Waals surface area contributed by atoms with E-state index in [0.717, 1.165) is 11.4 Å². The van der Waals surface area contributed by atoms with Crippen molar-refractivity contribution in [3.63, 3.8) is 0 Å². The molecule has 0 aliphatic heterocycles. The van der Waals surface area contributed by atoms with Gasteiger partial charge in [0.25, 0.3) is 0 Å². The highest BCUT2D eigenvalue weighted by molar-refractivity contribution is 5.94. The van der Waals surface area contributed by atoms with Crippen LogP contribution in [0.4, 0.5) is 11.4 Å². The Morgan fingerprint density at radius 2 is 1.81 bits per heavy atom. The van der Waals surface area contributed by atoms with Gasteiger partial charge in [0, 0.05) is 29.6 Å². The lowest BCUT2D eigenvalue weighted by Gasteiger charge is -2.11. The molecule has 0 spiro atoms. The number of benzene rings is 2. The average Bonchev–Trinajstić information content (AvgIpc) is 3.12. The number of anilines is 2. The van der Waals surface area contributed by atoms with Crippen molar-refractivity contribution in [1.82, 2.24) is 20.2 Å². The Kier molecular flexibility index (Phi) is 5.50. The number of rotatable bonds is 7. The molecule has 0 unspecified atom stereocenters. The molecular weight excluding hydrogens is 348 g/mol. The van der Waals surface area contributed by atoms with Gasteiger partial charge in [0.1, 0.15) is 11.5 Å². The molecule has 0 bridgehead atoms. The first-order valence-corrected chi connectivity index (χ1v) is 8.21. The van der Waals surface area contributed by atoms with Crippen LogP contribution in [-0.4, -0.2) is 46.9 Å². The van der Waals surface area contributed by atoms with Crippen LogP contribution in [0.5, 0.6) is 11.5 Å². The molecule has 140 valence electrons. The first-order chi connectivity index (χ1) is 13.1. The number of aromatic nitrogens is 4. The SMILES string of the molecule is COc1cc(NC(=O)CNc2cccc(-n3nnnc3C)c2)cc(OC)c1. The predicted molar refractivity (Wildman–Crippen MR) is 101 cm³/mol. The van der Waals surface area contributed by atoms with Gasteiger partial charge in [0.2, 0.25) is 5.91 Å². The van der Waals surface area contributed by atoms with Gasteiger partial charge in [0.05, 0.1) is 26.5 Å². The van der Waals surface area contributed by atoms with Crippen molar-refractivity contribution >= 4 is 17.3 Å². The summed E-state index contributed by atoms with van der Waals surface area (Å²) < 4.78 is 12.0. The molecule has 3 aromatic rings. The largest absolute Gasteiger partial charge is 0.497 e. The summed E-state index contributed by atoms with van der Waals surface area (Å²) in [6, 6.07) is 12.7. The van der Waals surface area contributed by atoms with Gasteiger partial charge >= 0.3 is 0 Å². The number of ether oxygens (including phenoxy) is 2. The van der Waals surface area contributed by atoms with Crippen molar-refractivity contribution in [2.24, 2.45) is 0 Å². The summed E-state index contributed by atoms with van der Waals surface area (Å²) in [7, 11) is 3.11. The molecule has 0 saturated carbocycles. The summed E-state index contributed by atoms with van der Waals surface area (Å²) in [4.78, 5) is 12.3. The maximum absolute atomic E-state index is 12.3. The van der Waals surface area contributed by atoms with E-state index in [9.17, 15) is 4.79 Å². The van der Waals surface area contributed by atoms with Crippen LogP contribution in [0.3, 0.4) is 0 Å². The molecule has 27 heavy (non-hydrogen) atoms. The average molecular weight is 368 g/mol. The quantitative estimate of drug-likeness (QED) is 0.658. The van der Waals surface area contributed by atoms with Gasteiger partial charge in [-0.1, -0.05) is 6.07 Å². The van der Waals surface area contributed by atoms with Crippen LogP contribution in [0.15, 0.2) is 42.5 Å². The van der Waals surface area contributed by atoms with E-state index in [4.69, 9.17) is 9.47 Å². The van der Waals surface area contributed by atoms with E-state index in [0.29, 0.717) is 23.0 Å². The Morgan fingerprint density at radius 1 is 1.07 bits per heavy atom. The van der Waals surface area contributed by atoms with E-state index in [-0.39, 0.29) is 12.5 Å². The molecular formula is C18H20N6O3. The van der Waals surface area contributed by atoms with E-state index in [1.807, 2.05) is 31.2 Å². The van der Waals surface area contributed by atoms with Gasteiger partial charge in [0.15, 0.2) is 5.82 Å². The van der Waals surface area contributed by atoms with E-state index >= 15 is 0 Å². The Hall–Kier alpha value is -3.62. The summed E-state index contributed by atoms with van der Waals surface area (Å²) in [5.41, 5.74) is 2.18. The minimum Gasteiger partial charge on any atom is -0.497 e. The molecule has 0 fully saturated rings. The number of tetrazole rings is 1. The monoisotopic (exact) mass is 368 g/mol. The fourth-order valence-electron chi connectivity index (χ4n) is 2.49. The van der Waals surface area contributed by atoms with Gasteiger partial charge in [-0.3, -0.25) is 4.79 Å². The smallest absolute Gasteiger partial charge is 0.243 e. The van der Waals surface area contributed by atoms with E-state index in [1.165, 1.54) is 0 Å². The van der Waals surface area contributed by atoms with E-state index in [2.05, 4.69) is 26.2 Å². The number of nitrogens with one attached hydrogen (secondary N) is 2. The molecule has 2 N–H and O–H groups in total. The predicted octanol–water partition coefficient (Wildman–Crippen LogP) is 2.04. The molecule has 2 aromatic carbocycles. The Balaban J connectivity index is 1.64. The van der Waals surface area contributed by atoms with Crippen LogP contribution >= 0.6 is 0 Å². The fraction of sp³-hybridized carbons (Fsp3) is 0.222. The van der Waals surface area contributed by atoms with Gasteiger partial charge < -0.3 is 20.1 Å². The van der Waals surface area contributed by atoms with Crippen molar-refractivity contribution < 1.29 is 14.3 Å². The first kappa shape index (κ1) is 18.2. The summed E-state index contributed by atoms with van der Waals surface area (Å²) in [5, 5.41) is 17.3. The normalized spacial score (nSPS) is 10.3. The zero-order valence-corrected chi connectivity index (χ0v) is 15.3. The third kappa shape index (κ3) is 4.51. The number of hydrogen-bond donors (Lipinski definition) is 2. The number of carbonyl (C=O) groups is 1. The van der Waals surface area contributed by atoms with Crippen molar-refractivity contribution in [2.45, 2.75) is 6.92 Å². The summed E-state index contributed by atoms with van der Waals surface area (Å²) in [5.74, 6) is 1.68. The number of hydrogen-bond acceptors (Lipinski definition) is 7. The third-order valence-corrected chi connectivity index (χ3v) is 3.80. The molecule has 1 amide bonds. The standard InChI is InChI=1S/C18H20N6O3/c1-12-21-22-23-24(12)15-6-4-5-13(7-15)19-11-18(25)20-14-8-16(26-2)10-17(9-14)27-3/h4-10,19H,11H2,1-3H3,(H,20,25). The molecule has 0 radical (unpaired) electrons. The maximum atomic E-state index is 12.3. The summed E-state index contributed by atoms with van der Waals surface area (Å²) in [6.07, 6.45) is 0. The van der Waals surface area contributed by atoms with E-state index in [1.54, 1.807) is 37.1 Å². The fourth-order valence-corrected chi connectivity index (χ4v) is 2.49. The van der Waals surface area contributed by atoms with Gasteiger partial charge in [-0.05, 0) is 35.5 Å². The third-order valence-electron chi connectivity index (χ3n) is 3.80. The van der Waals surface area contributed by atoms with Crippen LogP contribution in [0.25, 0.3) is 5.69 Å². The van der Waals surface area contributed by atoms with Crippen molar-refractivity contribution in [2.75, 3.05) is 31.4 Å². The van der Waals surface area contributed by atoms with Crippen LogP contribution in [0.2, 0.25) is 0 Å². The minimum atomic E-state index is -0.200. The minimum absolute atomic E-state index is 0.0948. The van der Waals surface area contributed by atoms with Crippen molar-refractivity contribution in [3.05, 3.63) is 48.3 Å². The zero-order valence-electron chi connectivity index (χ0n) is 15.3. The van der Waals surface area contributed by atoms with Crippen LogP contribution in [0.1, 0.15) is 5.82 Å². The van der Waals surface area contributed by atoms with Crippen molar-refractivity contribution in [3.8, 4) is 17.2 Å². The number of nitrogens with zero attached hydrogens (tertiary/aromatic N) is 4. The highest BCUT2D eigenvalue weighted by Crippen LogP contribution is 2.25. The number of amides is 1. The molecule has 0 aliphatic rings.